The van der Waals surface area contributed by atoms with Crippen LogP contribution < -0.4 is 10.6 Å². The molecule has 0 unspecified atom stereocenters. The van der Waals surface area contributed by atoms with E-state index in [0.29, 0.717) is 35.4 Å². The van der Waals surface area contributed by atoms with E-state index < -0.39 is 0 Å². The van der Waals surface area contributed by atoms with Gasteiger partial charge >= 0.3 is 0 Å². The molecule has 140 valence electrons. The quantitative estimate of drug-likeness (QED) is 0.526. The Morgan fingerprint density at radius 3 is 2.67 bits per heavy atom. The van der Waals surface area contributed by atoms with E-state index in [1.807, 2.05) is 50.2 Å². The lowest BCUT2D eigenvalue weighted by atomic mass is 10.1. The second-order valence-electron chi connectivity index (χ2n) is 6.17. The summed E-state index contributed by atoms with van der Waals surface area (Å²) < 4.78 is 0. The fraction of sp³-hybridized carbons (Fsp3) is 0.250. The van der Waals surface area contributed by atoms with E-state index in [0.717, 1.165) is 22.5 Å². The molecular formula is C20H22ClN5O. The van der Waals surface area contributed by atoms with Crippen LogP contribution in [-0.2, 0) is 0 Å². The molecule has 0 fully saturated rings. The Kier molecular flexibility index (Phi) is 6.21. The van der Waals surface area contributed by atoms with Gasteiger partial charge in [0, 0.05) is 36.1 Å². The van der Waals surface area contributed by atoms with Crippen LogP contribution in [0.2, 0.25) is 5.02 Å². The molecule has 3 aromatic rings. The monoisotopic (exact) mass is 383 g/mol. The SMILES string of the molecule is Cc1ccc(Cl)c(C)c1Nc1cc(-c2ccccn2)nc(NCCCO)n1. The lowest BCUT2D eigenvalue weighted by molar-refractivity contribution is 0.292. The van der Waals surface area contributed by atoms with Crippen LogP contribution in [0, 0.1) is 13.8 Å². The summed E-state index contributed by atoms with van der Waals surface area (Å²) >= 11 is 6.28. The minimum atomic E-state index is 0.110. The molecule has 7 heteroatoms. The van der Waals surface area contributed by atoms with Gasteiger partial charge < -0.3 is 15.7 Å². The maximum atomic E-state index is 9.00. The Bertz CT molecular complexity index is 918. The van der Waals surface area contributed by atoms with Gasteiger partial charge in [-0.05, 0) is 49.6 Å². The molecule has 27 heavy (non-hydrogen) atoms. The zero-order chi connectivity index (χ0) is 19.2. The van der Waals surface area contributed by atoms with Gasteiger partial charge in [-0.3, -0.25) is 4.98 Å². The zero-order valence-corrected chi connectivity index (χ0v) is 16.1. The number of halogens is 1. The molecule has 0 amide bonds. The van der Waals surface area contributed by atoms with Crippen molar-refractivity contribution in [2.45, 2.75) is 20.3 Å². The molecule has 0 bridgehead atoms. The molecule has 2 heterocycles. The molecule has 0 saturated carbocycles. The summed E-state index contributed by atoms with van der Waals surface area (Å²) in [5.41, 5.74) is 4.42. The number of hydrogen-bond acceptors (Lipinski definition) is 6. The molecule has 1 aromatic carbocycles. The normalized spacial score (nSPS) is 10.7. The second-order valence-corrected chi connectivity index (χ2v) is 6.58. The molecule has 0 aliphatic rings. The molecule has 0 spiro atoms. The van der Waals surface area contributed by atoms with Crippen LogP contribution in [0.4, 0.5) is 17.5 Å². The number of nitrogens with one attached hydrogen (secondary N) is 2. The molecule has 0 aliphatic heterocycles. The van der Waals surface area contributed by atoms with E-state index >= 15 is 0 Å². The molecule has 3 N–H and O–H groups in total. The third kappa shape index (κ3) is 4.72. The first-order valence-corrected chi connectivity index (χ1v) is 9.14. The minimum absolute atomic E-state index is 0.110. The van der Waals surface area contributed by atoms with Crippen molar-refractivity contribution in [3.8, 4) is 11.4 Å². The minimum Gasteiger partial charge on any atom is -0.396 e. The van der Waals surface area contributed by atoms with E-state index in [1.165, 1.54) is 0 Å². The van der Waals surface area contributed by atoms with Crippen LogP contribution in [0.5, 0.6) is 0 Å². The predicted octanol–water partition coefficient (Wildman–Crippen LogP) is 4.35. The third-order valence-electron chi connectivity index (χ3n) is 4.13. The number of anilines is 3. The van der Waals surface area contributed by atoms with Crippen molar-refractivity contribution in [3.05, 3.63) is 58.7 Å². The lowest BCUT2D eigenvalue weighted by Gasteiger charge is -2.15. The maximum Gasteiger partial charge on any atom is 0.225 e. The summed E-state index contributed by atoms with van der Waals surface area (Å²) in [5.74, 6) is 1.12. The number of rotatable bonds is 7. The van der Waals surface area contributed by atoms with Crippen molar-refractivity contribution in [2.24, 2.45) is 0 Å². The highest BCUT2D eigenvalue weighted by Gasteiger charge is 2.11. The Morgan fingerprint density at radius 1 is 1.07 bits per heavy atom. The van der Waals surface area contributed by atoms with Gasteiger partial charge in [0.15, 0.2) is 0 Å². The summed E-state index contributed by atoms with van der Waals surface area (Å²) in [6.07, 6.45) is 2.35. The third-order valence-corrected chi connectivity index (χ3v) is 4.54. The maximum absolute atomic E-state index is 9.00. The van der Waals surface area contributed by atoms with Crippen molar-refractivity contribution in [2.75, 3.05) is 23.8 Å². The number of aliphatic hydroxyl groups is 1. The van der Waals surface area contributed by atoms with Gasteiger partial charge in [-0.2, -0.15) is 4.98 Å². The van der Waals surface area contributed by atoms with Crippen molar-refractivity contribution in [3.63, 3.8) is 0 Å². The van der Waals surface area contributed by atoms with Gasteiger partial charge in [0.1, 0.15) is 5.82 Å². The molecular weight excluding hydrogens is 362 g/mol. The average molecular weight is 384 g/mol. The summed E-state index contributed by atoms with van der Waals surface area (Å²) in [4.78, 5) is 13.5. The number of aliphatic hydroxyl groups excluding tert-OH is 1. The van der Waals surface area contributed by atoms with Crippen LogP contribution in [-0.4, -0.2) is 33.2 Å². The van der Waals surface area contributed by atoms with Crippen LogP contribution in [0.25, 0.3) is 11.4 Å². The zero-order valence-electron chi connectivity index (χ0n) is 15.3. The van der Waals surface area contributed by atoms with E-state index in [9.17, 15) is 0 Å². The first kappa shape index (κ1) is 19.1. The topological polar surface area (TPSA) is 83.0 Å². The first-order valence-electron chi connectivity index (χ1n) is 8.76. The highest BCUT2D eigenvalue weighted by molar-refractivity contribution is 6.31. The standard InChI is InChI=1S/C20H22ClN5O/c1-13-7-8-15(21)14(2)19(13)25-18-12-17(16-6-3-4-9-22-16)24-20(26-18)23-10-5-11-27/h3-4,6-9,12,27H,5,10-11H2,1-2H3,(H2,23,24,25,26). The number of aromatic nitrogens is 3. The summed E-state index contributed by atoms with van der Waals surface area (Å²) in [5, 5.41) is 16.2. The summed E-state index contributed by atoms with van der Waals surface area (Å²) in [6, 6.07) is 11.4. The van der Waals surface area contributed by atoms with E-state index in [-0.39, 0.29) is 6.61 Å². The van der Waals surface area contributed by atoms with Crippen molar-refractivity contribution >= 4 is 29.1 Å². The second kappa shape index (κ2) is 8.79. The highest BCUT2D eigenvalue weighted by Crippen LogP contribution is 2.30. The van der Waals surface area contributed by atoms with E-state index in [4.69, 9.17) is 16.7 Å². The van der Waals surface area contributed by atoms with Gasteiger partial charge in [-0.15, -0.1) is 0 Å². The molecule has 0 aliphatic carbocycles. The van der Waals surface area contributed by atoms with Crippen LogP contribution in [0.3, 0.4) is 0 Å². The fourth-order valence-corrected chi connectivity index (χ4v) is 2.81. The van der Waals surface area contributed by atoms with Gasteiger partial charge in [-0.25, -0.2) is 4.98 Å². The number of nitrogens with zero attached hydrogens (tertiary/aromatic N) is 3. The van der Waals surface area contributed by atoms with Gasteiger partial charge in [0.2, 0.25) is 5.95 Å². The Balaban J connectivity index is 1.99. The van der Waals surface area contributed by atoms with E-state index in [2.05, 4.69) is 25.6 Å². The highest BCUT2D eigenvalue weighted by atomic mass is 35.5. The molecule has 0 saturated heterocycles. The van der Waals surface area contributed by atoms with Crippen LogP contribution in [0.15, 0.2) is 42.6 Å². The first-order chi connectivity index (χ1) is 13.1. The van der Waals surface area contributed by atoms with Crippen LogP contribution in [0.1, 0.15) is 17.5 Å². The Hall–Kier alpha value is -2.70. The predicted molar refractivity (Wildman–Crippen MR) is 110 cm³/mol. The fourth-order valence-electron chi connectivity index (χ4n) is 2.66. The van der Waals surface area contributed by atoms with Gasteiger partial charge in [-0.1, -0.05) is 23.7 Å². The van der Waals surface area contributed by atoms with Crippen molar-refractivity contribution in [1.82, 2.24) is 15.0 Å². The van der Waals surface area contributed by atoms with Gasteiger partial charge in [0.05, 0.1) is 11.4 Å². The summed E-state index contributed by atoms with van der Waals surface area (Å²) in [6.45, 7) is 4.68. The van der Waals surface area contributed by atoms with Crippen molar-refractivity contribution in [1.29, 1.82) is 0 Å². The number of aryl methyl sites for hydroxylation is 1. The molecule has 0 radical (unpaired) electrons. The van der Waals surface area contributed by atoms with Crippen molar-refractivity contribution < 1.29 is 5.11 Å². The largest absolute Gasteiger partial charge is 0.396 e. The number of hydrogen-bond donors (Lipinski definition) is 3. The summed E-state index contributed by atoms with van der Waals surface area (Å²) in [7, 11) is 0. The van der Waals surface area contributed by atoms with Crippen LogP contribution >= 0.6 is 11.6 Å². The molecule has 6 nitrogen and oxygen atoms in total. The smallest absolute Gasteiger partial charge is 0.225 e. The number of pyridine rings is 1. The Morgan fingerprint density at radius 2 is 1.93 bits per heavy atom. The molecule has 3 rings (SSSR count). The number of benzene rings is 1. The Labute approximate surface area is 163 Å². The van der Waals surface area contributed by atoms with Gasteiger partial charge in [0.25, 0.3) is 0 Å². The van der Waals surface area contributed by atoms with E-state index in [1.54, 1.807) is 6.20 Å². The average Bonchev–Trinajstić information content (AvgIpc) is 2.69. The molecule has 2 aromatic heterocycles. The lowest BCUT2D eigenvalue weighted by Crippen LogP contribution is -2.09. The molecule has 0 atom stereocenters.